The van der Waals surface area contributed by atoms with Crippen LogP contribution in [0.15, 0.2) is 65.9 Å². The largest absolute Gasteiger partial charge is 0.493 e. The Kier molecular flexibility index (Phi) is 9.86. The number of carbonyl (C=O) groups is 2. The van der Waals surface area contributed by atoms with Gasteiger partial charge in [-0.25, -0.2) is 0 Å². The monoisotopic (exact) mass is 614 g/mol. The number of nitrogens with zero attached hydrogens (tertiary/aromatic N) is 1. The van der Waals surface area contributed by atoms with Crippen molar-refractivity contribution in [3.05, 3.63) is 77.0 Å². The lowest BCUT2D eigenvalue weighted by Gasteiger charge is -2.35. The summed E-state index contributed by atoms with van der Waals surface area (Å²) in [6.45, 7) is 2.11. The van der Waals surface area contributed by atoms with Crippen molar-refractivity contribution in [2.24, 2.45) is 0 Å². The van der Waals surface area contributed by atoms with Crippen molar-refractivity contribution in [1.82, 2.24) is 0 Å². The number of anilines is 2. The molecule has 0 radical (unpaired) electrons. The van der Waals surface area contributed by atoms with Gasteiger partial charge in [0.25, 0.3) is 0 Å². The summed E-state index contributed by atoms with van der Waals surface area (Å²) in [6.07, 6.45) is 3.87. The van der Waals surface area contributed by atoms with Crippen LogP contribution < -0.4 is 33.9 Å². The minimum Gasteiger partial charge on any atom is -0.493 e. The predicted octanol–water partition coefficient (Wildman–Crippen LogP) is 7.21. The minimum atomic E-state index is -0.724. The molecule has 0 spiro atoms. The number of nitrogens with one attached hydrogen (secondary N) is 1. The van der Waals surface area contributed by atoms with E-state index >= 15 is 0 Å². The first kappa shape index (κ1) is 31.8. The maximum Gasteiger partial charge on any atom is 0.227 e. The average molecular weight is 615 g/mol. The molecule has 0 fully saturated rings. The number of unbranched alkanes of at least 4 members (excludes halogenated alkanes) is 2. The van der Waals surface area contributed by atoms with Crippen LogP contribution in [0, 0.1) is 0 Å². The first-order valence-electron chi connectivity index (χ1n) is 15.3. The third-order valence-electron chi connectivity index (χ3n) is 8.63. The molecule has 0 bridgehead atoms. The van der Waals surface area contributed by atoms with E-state index in [0.717, 1.165) is 36.2 Å². The number of ether oxygens (including phenoxy) is 5. The lowest BCUT2D eigenvalue weighted by Crippen LogP contribution is -2.38. The Morgan fingerprint density at radius 2 is 1.47 bits per heavy atom. The Labute approximate surface area is 265 Å². The summed E-state index contributed by atoms with van der Waals surface area (Å²) < 4.78 is 28.1. The first-order valence-corrected chi connectivity index (χ1v) is 15.3. The van der Waals surface area contributed by atoms with Crippen molar-refractivity contribution >= 4 is 23.1 Å². The minimum absolute atomic E-state index is 0.0403. The zero-order valence-electron chi connectivity index (χ0n) is 26.9. The van der Waals surface area contributed by atoms with Crippen LogP contribution in [0.2, 0.25) is 0 Å². The summed E-state index contributed by atoms with van der Waals surface area (Å²) in [4.78, 5) is 30.5. The molecule has 0 saturated carbocycles. The van der Waals surface area contributed by atoms with E-state index in [0.29, 0.717) is 58.4 Å². The fourth-order valence-corrected chi connectivity index (χ4v) is 6.43. The van der Waals surface area contributed by atoms with E-state index < -0.39 is 6.04 Å². The molecular formula is C36H42N2O7. The Hall–Kier alpha value is -4.66. The fourth-order valence-electron chi connectivity index (χ4n) is 6.43. The number of fused-ring (bicyclic) bond motifs is 1. The van der Waals surface area contributed by atoms with Gasteiger partial charge in [0.1, 0.15) is 0 Å². The van der Waals surface area contributed by atoms with Crippen molar-refractivity contribution in [2.75, 3.05) is 45.8 Å². The average Bonchev–Trinajstić information content (AvgIpc) is 3.22. The van der Waals surface area contributed by atoms with Crippen molar-refractivity contribution < 1.29 is 33.3 Å². The zero-order valence-corrected chi connectivity index (χ0v) is 26.9. The lowest BCUT2D eigenvalue weighted by atomic mass is 9.78. The van der Waals surface area contributed by atoms with E-state index in [-0.39, 0.29) is 24.0 Å². The van der Waals surface area contributed by atoms with E-state index in [1.807, 2.05) is 54.6 Å². The van der Waals surface area contributed by atoms with Crippen LogP contribution in [0.4, 0.5) is 11.4 Å². The van der Waals surface area contributed by atoms with Gasteiger partial charge in [0.15, 0.2) is 28.8 Å². The van der Waals surface area contributed by atoms with Gasteiger partial charge in [-0.1, -0.05) is 38.0 Å². The molecule has 238 valence electrons. The van der Waals surface area contributed by atoms with Crippen LogP contribution in [0.3, 0.4) is 0 Å². The van der Waals surface area contributed by atoms with E-state index in [4.69, 9.17) is 23.7 Å². The molecule has 1 aliphatic carbocycles. The second-order valence-electron chi connectivity index (χ2n) is 11.3. The topological polar surface area (TPSA) is 95.6 Å². The van der Waals surface area contributed by atoms with Gasteiger partial charge in [0.2, 0.25) is 11.7 Å². The molecule has 1 aliphatic heterocycles. The zero-order chi connectivity index (χ0) is 32.1. The molecular weight excluding hydrogens is 572 g/mol. The number of rotatable bonds is 11. The van der Waals surface area contributed by atoms with Crippen LogP contribution in [-0.2, 0) is 9.59 Å². The van der Waals surface area contributed by atoms with Crippen LogP contribution in [0.5, 0.6) is 28.7 Å². The number of ketones is 1. The first-order chi connectivity index (χ1) is 21.9. The van der Waals surface area contributed by atoms with Crippen LogP contribution in [0.1, 0.15) is 68.5 Å². The number of methoxy groups -OCH3 is 5. The summed E-state index contributed by atoms with van der Waals surface area (Å²) >= 11 is 0. The van der Waals surface area contributed by atoms with Gasteiger partial charge in [-0.05, 0) is 66.3 Å². The van der Waals surface area contributed by atoms with Crippen LogP contribution >= 0.6 is 0 Å². The Balaban J connectivity index is 1.71. The molecule has 9 heteroatoms. The summed E-state index contributed by atoms with van der Waals surface area (Å²) in [6, 6.07) is 16.5. The highest BCUT2D eigenvalue weighted by atomic mass is 16.5. The standard InChI is InChI=1S/C36H42N2O7/c1-7-8-9-14-33(40)38-27-13-11-10-12-25(27)37-26-17-23(22-15-16-29(41-2)30(19-22)42-3)18-28(39)34(26)35(38)24-20-31(43-4)36(45-6)32(21-24)44-5/h10-13,15-16,19-21,23,35,37H,7-9,14,17-18H2,1-6H3/t23-,35-/m1/s1. The van der Waals surface area contributed by atoms with Gasteiger partial charge >= 0.3 is 0 Å². The van der Waals surface area contributed by atoms with Crippen LogP contribution in [-0.4, -0.2) is 47.2 Å². The molecule has 2 aliphatic rings. The van der Waals surface area contributed by atoms with Gasteiger partial charge < -0.3 is 29.0 Å². The summed E-state index contributed by atoms with van der Waals surface area (Å²) in [5.41, 5.74) is 4.48. The second kappa shape index (κ2) is 14.0. The van der Waals surface area contributed by atoms with Gasteiger partial charge in [-0.15, -0.1) is 0 Å². The van der Waals surface area contributed by atoms with Crippen molar-refractivity contribution in [1.29, 1.82) is 0 Å². The number of para-hydroxylation sites is 2. The van der Waals surface area contributed by atoms with Gasteiger partial charge in [0, 0.05) is 24.1 Å². The van der Waals surface area contributed by atoms with E-state index in [9.17, 15) is 9.59 Å². The molecule has 9 nitrogen and oxygen atoms in total. The normalized spacial score (nSPS) is 17.5. The van der Waals surface area contributed by atoms with Crippen LogP contribution in [0.25, 0.3) is 0 Å². The summed E-state index contributed by atoms with van der Waals surface area (Å²) in [5.74, 6) is 2.37. The molecule has 5 rings (SSSR count). The number of hydrogen-bond acceptors (Lipinski definition) is 8. The molecule has 0 unspecified atom stereocenters. The summed E-state index contributed by atoms with van der Waals surface area (Å²) in [7, 11) is 7.87. The number of carbonyl (C=O) groups excluding carboxylic acids is 2. The number of amides is 1. The maximum absolute atomic E-state index is 14.5. The number of benzene rings is 3. The number of Topliss-reactive ketones (excluding diaryl/α,β-unsaturated/α-hetero) is 1. The van der Waals surface area contributed by atoms with Crippen molar-refractivity contribution in [2.45, 2.75) is 57.4 Å². The highest BCUT2D eigenvalue weighted by molar-refractivity contribution is 6.06. The smallest absolute Gasteiger partial charge is 0.227 e. The van der Waals surface area contributed by atoms with Gasteiger partial charge in [-0.3, -0.25) is 14.5 Å². The Morgan fingerprint density at radius 1 is 0.800 bits per heavy atom. The van der Waals surface area contributed by atoms with Crippen molar-refractivity contribution in [3.63, 3.8) is 0 Å². The van der Waals surface area contributed by atoms with E-state index in [2.05, 4.69) is 12.2 Å². The van der Waals surface area contributed by atoms with Gasteiger partial charge in [0.05, 0.1) is 53.0 Å². The van der Waals surface area contributed by atoms with Gasteiger partial charge in [-0.2, -0.15) is 0 Å². The lowest BCUT2D eigenvalue weighted by molar-refractivity contribution is -0.119. The Morgan fingerprint density at radius 3 is 2.11 bits per heavy atom. The quantitative estimate of drug-likeness (QED) is 0.227. The molecule has 0 saturated heterocycles. The Bertz CT molecular complexity index is 1570. The molecule has 3 aromatic carbocycles. The third-order valence-corrected chi connectivity index (χ3v) is 8.63. The summed E-state index contributed by atoms with van der Waals surface area (Å²) in [5, 5.41) is 3.60. The number of hydrogen-bond donors (Lipinski definition) is 1. The van der Waals surface area contributed by atoms with E-state index in [1.54, 1.807) is 40.4 Å². The molecule has 2 atom stereocenters. The molecule has 1 N–H and O–H groups in total. The fraction of sp³-hybridized carbons (Fsp3) is 0.389. The highest BCUT2D eigenvalue weighted by Gasteiger charge is 2.42. The molecule has 1 amide bonds. The van der Waals surface area contributed by atoms with E-state index in [1.165, 1.54) is 0 Å². The molecule has 3 aromatic rings. The predicted molar refractivity (Wildman–Crippen MR) is 174 cm³/mol. The maximum atomic E-state index is 14.5. The number of allylic oxidation sites excluding steroid dienone is 1. The molecule has 1 heterocycles. The SMILES string of the molecule is CCCCCC(=O)N1c2ccccc2NC2=C(C(=O)C[C@H](c3ccc(OC)c(OC)c3)C2)[C@H]1c1cc(OC)c(OC)c(OC)c1. The molecule has 45 heavy (non-hydrogen) atoms. The second-order valence-corrected chi connectivity index (χ2v) is 11.3. The molecule has 0 aromatic heterocycles. The van der Waals surface area contributed by atoms with Crippen molar-refractivity contribution in [3.8, 4) is 28.7 Å². The third kappa shape index (κ3) is 6.16. The highest BCUT2D eigenvalue weighted by Crippen LogP contribution is 2.50.